The topological polar surface area (TPSA) is 84.9 Å². The summed E-state index contributed by atoms with van der Waals surface area (Å²) in [5.74, 6) is -0.456. The number of ether oxygens (including phenoxy) is 2. The van der Waals surface area contributed by atoms with Crippen molar-refractivity contribution in [2.24, 2.45) is 5.41 Å². The molecule has 0 fully saturated rings. The van der Waals surface area contributed by atoms with Crippen LogP contribution in [0.3, 0.4) is 0 Å². The van der Waals surface area contributed by atoms with Gasteiger partial charge in [-0.2, -0.15) is 0 Å². The normalized spacial score (nSPS) is 11.0. The Morgan fingerprint density at radius 2 is 1.78 bits per heavy atom. The fourth-order valence-corrected chi connectivity index (χ4v) is 2.27. The summed E-state index contributed by atoms with van der Waals surface area (Å²) in [7, 11) is 1.49. The molecule has 0 bridgehead atoms. The molecule has 0 radical (unpaired) electrons. The third-order valence-electron chi connectivity index (χ3n) is 4.00. The first kappa shape index (κ1) is 20.6. The van der Waals surface area contributed by atoms with Crippen LogP contribution in [0.2, 0.25) is 5.02 Å². The summed E-state index contributed by atoms with van der Waals surface area (Å²) >= 11 is 5.86. The Morgan fingerprint density at radius 1 is 1.11 bits per heavy atom. The van der Waals surface area contributed by atoms with Crippen molar-refractivity contribution in [1.82, 2.24) is 5.32 Å². The van der Waals surface area contributed by atoms with Crippen molar-refractivity contribution in [1.29, 1.82) is 0 Å². The molecule has 0 aliphatic rings. The first-order chi connectivity index (χ1) is 12.7. The second-order valence-electron chi connectivity index (χ2n) is 6.65. The van der Waals surface area contributed by atoms with Gasteiger partial charge in [-0.3, -0.25) is 9.59 Å². The van der Waals surface area contributed by atoms with E-state index in [-0.39, 0.29) is 12.5 Å². The van der Waals surface area contributed by atoms with E-state index in [9.17, 15) is 9.59 Å². The molecule has 27 heavy (non-hydrogen) atoms. The maximum Gasteiger partial charge on any atom is 0.310 e. The number of amides is 1. The minimum absolute atomic E-state index is 0.0122. The number of carboxylic acid groups (broad SMARTS) is 1. The molecule has 0 heterocycles. The quantitative estimate of drug-likeness (QED) is 0.715. The highest BCUT2D eigenvalue weighted by atomic mass is 35.5. The van der Waals surface area contributed by atoms with Gasteiger partial charge in [0.05, 0.1) is 12.5 Å². The molecule has 0 aliphatic heterocycles. The van der Waals surface area contributed by atoms with Crippen molar-refractivity contribution in [2.75, 3.05) is 13.7 Å². The zero-order valence-corrected chi connectivity index (χ0v) is 16.2. The highest BCUT2D eigenvalue weighted by molar-refractivity contribution is 6.30. The van der Waals surface area contributed by atoms with E-state index in [4.69, 9.17) is 26.2 Å². The van der Waals surface area contributed by atoms with Crippen molar-refractivity contribution in [3.05, 3.63) is 58.6 Å². The minimum Gasteiger partial charge on any atom is -0.493 e. The molecule has 1 amide bonds. The molecular formula is C20H22ClNO5. The number of halogens is 1. The van der Waals surface area contributed by atoms with Crippen LogP contribution in [-0.4, -0.2) is 30.6 Å². The Morgan fingerprint density at radius 3 is 2.37 bits per heavy atom. The lowest BCUT2D eigenvalue weighted by Gasteiger charge is -2.19. The maximum atomic E-state index is 12.3. The molecule has 0 saturated carbocycles. The standard InChI is InChI=1S/C20H22ClNO5/c1-20(2,19(24)25)12-22-18(23)14-6-9-16(17(10-14)26-3)27-11-13-4-7-15(21)8-5-13/h4-10H,11-12H2,1-3H3,(H,22,23)(H,24,25). The van der Waals surface area contributed by atoms with E-state index in [2.05, 4.69) is 5.32 Å². The zero-order valence-electron chi connectivity index (χ0n) is 15.4. The Balaban J connectivity index is 2.05. The van der Waals surface area contributed by atoms with Gasteiger partial charge in [-0.1, -0.05) is 23.7 Å². The summed E-state index contributed by atoms with van der Waals surface area (Å²) in [4.78, 5) is 23.4. The van der Waals surface area contributed by atoms with Crippen LogP contribution in [0.15, 0.2) is 42.5 Å². The van der Waals surface area contributed by atoms with Gasteiger partial charge in [-0.05, 0) is 49.7 Å². The van der Waals surface area contributed by atoms with Crippen LogP contribution in [0.4, 0.5) is 0 Å². The van der Waals surface area contributed by atoms with Crippen molar-refractivity contribution >= 4 is 23.5 Å². The van der Waals surface area contributed by atoms with E-state index in [1.54, 1.807) is 44.2 Å². The van der Waals surface area contributed by atoms with Crippen LogP contribution in [0.25, 0.3) is 0 Å². The Labute approximate surface area is 163 Å². The number of hydrogen-bond donors (Lipinski definition) is 2. The lowest BCUT2D eigenvalue weighted by Crippen LogP contribution is -2.38. The minimum atomic E-state index is -1.05. The highest BCUT2D eigenvalue weighted by Crippen LogP contribution is 2.29. The summed E-state index contributed by atoms with van der Waals surface area (Å²) in [5.41, 5.74) is 0.243. The molecule has 6 nitrogen and oxygen atoms in total. The lowest BCUT2D eigenvalue weighted by molar-refractivity contribution is -0.146. The third-order valence-corrected chi connectivity index (χ3v) is 4.26. The van der Waals surface area contributed by atoms with E-state index in [0.717, 1.165) is 5.56 Å². The zero-order chi connectivity index (χ0) is 20.0. The average molecular weight is 392 g/mol. The fourth-order valence-electron chi connectivity index (χ4n) is 2.15. The van der Waals surface area contributed by atoms with Gasteiger partial charge in [0.25, 0.3) is 5.91 Å². The van der Waals surface area contributed by atoms with Crippen LogP contribution in [0.1, 0.15) is 29.8 Å². The number of methoxy groups -OCH3 is 1. The second kappa shape index (κ2) is 8.77. The predicted molar refractivity (Wildman–Crippen MR) is 103 cm³/mol. The van der Waals surface area contributed by atoms with Crippen molar-refractivity contribution in [3.8, 4) is 11.5 Å². The largest absolute Gasteiger partial charge is 0.493 e. The van der Waals surface area contributed by atoms with Gasteiger partial charge < -0.3 is 19.9 Å². The number of hydrogen-bond acceptors (Lipinski definition) is 4. The van der Waals surface area contributed by atoms with E-state index in [0.29, 0.717) is 28.7 Å². The van der Waals surface area contributed by atoms with Crippen LogP contribution >= 0.6 is 11.6 Å². The SMILES string of the molecule is COc1cc(C(=O)NCC(C)(C)C(=O)O)ccc1OCc1ccc(Cl)cc1. The van der Waals surface area contributed by atoms with E-state index >= 15 is 0 Å². The molecule has 0 aromatic heterocycles. The summed E-state index contributed by atoms with van der Waals surface area (Å²) in [6.07, 6.45) is 0. The predicted octanol–water partition coefficient (Wildman–Crippen LogP) is 3.77. The van der Waals surface area contributed by atoms with Crippen LogP contribution in [-0.2, 0) is 11.4 Å². The Kier molecular flexibility index (Phi) is 6.69. The molecule has 2 aromatic carbocycles. The molecule has 2 N–H and O–H groups in total. The average Bonchev–Trinajstić information content (AvgIpc) is 2.65. The second-order valence-corrected chi connectivity index (χ2v) is 7.09. The van der Waals surface area contributed by atoms with E-state index in [1.807, 2.05) is 12.1 Å². The third kappa shape index (κ3) is 5.62. The molecule has 7 heteroatoms. The number of carboxylic acids is 1. The molecule has 0 unspecified atom stereocenters. The number of carbonyl (C=O) groups is 2. The monoisotopic (exact) mass is 391 g/mol. The van der Waals surface area contributed by atoms with Crippen LogP contribution in [0, 0.1) is 5.41 Å². The fraction of sp³-hybridized carbons (Fsp3) is 0.300. The van der Waals surface area contributed by atoms with Crippen molar-refractivity contribution < 1.29 is 24.2 Å². The van der Waals surface area contributed by atoms with E-state index in [1.165, 1.54) is 7.11 Å². The highest BCUT2D eigenvalue weighted by Gasteiger charge is 2.27. The molecule has 2 aromatic rings. The first-order valence-electron chi connectivity index (χ1n) is 8.30. The van der Waals surface area contributed by atoms with Gasteiger partial charge in [0.1, 0.15) is 6.61 Å². The molecular weight excluding hydrogens is 370 g/mol. The van der Waals surface area contributed by atoms with Gasteiger partial charge in [-0.15, -0.1) is 0 Å². The van der Waals surface area contributed by atoms with E-state index < -0.39 is 11.4 Å². The van der Waals surface area contributed by atoms with Gasteiger partial charge in [0.15, 0.2) is 11.5 Å². The molecule has 0 atom stereocenters. The number of carbonyl (C=O) groups excluding carboxylic acids is 1. The molecule has 2 rings (SSSR count). The number of benzene rings is 2. The number of aliphatic carboxylic acids is 1. The summed E-state index contributed by atoms with van der Waals surface area (Å²) in [5, 5.41) is 12.4. The van der Waals surface area contributed by atoms with Crippen LogP contribution in [0.5, 0.6) is 11.5 Å². The molecule has 144 valence electrons. The van der Waals surface area contributed by atoms with Gasteiger partial charge in [0.2, 0.25) is 0 Å². The molecule has 0 saturated heterocycles. The van der Waals surface area contributed by atoms with Gasteiger partial charge in [-0.25, -0.2) is 0 Å². The van der Waals surface area contributed by atoms with Gasteiger partial charge in [0, 0.05) is 17.1 Å². The smallest absolute Gasteiger partial charge is 0.310 e. The van der Waals surface area contributed by atoms with Crippen molar-refractivity contribution in [2.45, 2.75) is 20.5 Å². The lowest BCUT2D eigenvalue weighted by atomic mass is 9.94. The number of rotatable bonds is 8. The number of nitrogens with one attached hydrogen (secondary N) is 1. The molecule has 0 aliphatic carbocycles. The van der Waals surface area contributed by atoms with Crippen LogP contribution < -0.4 is 14.8 Å². The molecule has 0 spiro atoms. The summed E-state index contributed by atoms with van der Waals surface area (Å²) in [6, 6.07) is 12.1. The van der Waals surface area contributed by atoms with Crippen molar-refractivity contribution in [3.63, 3.8) is 0 Å². The Bertz CT molecular complexity index is 818. The Hall–Kier alpha value is -2.73. The first-order valence-corrected chi connectivity index (χ1v) is 8.67. The summed E-state index contributed by atoms with van der Waals surface area (Å²) < 4.78 is 11.1. The maximum absolute atomic E-state index is 12.3. The summed E-state index contributed by atoms with van der Waals surface area (Å²) in [6.45, 7) is 3.43. The van der Waals surface area contributed by atoms with Gasteiger partial charge >= 0.3 is 5.97 Å².